The lowest BCUT2D eigenvalue weighted by Crippen LogP contribution is -2.46. The first-order valence-electron chi connectivity index (χ1n) is 46.7. The van der Waals surface area contributed by atoms with Crippen molar-refractivity contribution in [1.29, 1.82) is 0 Å². The number of aromatic nitrogens is 4. The average molecular weight is 1710 g/mol. The number of amides is 1. The molecule has 2 aliphatic rings. The fourth-order valence-electron chi connectivity index (χ4n) is 15.0. The first-order valence-corrected chi connectivity index (χ1v) is 52.2. The van der Waals surface area contributed by atoms with Crippen LogP contribution in [-0.2, 0) is 60.2 Å². The molecule has 1 aromatic carbocycles. The number of hydrogen-bond donors (Lipinski definition) is 3. The van der Waals surface area contributed by atoms with E-state index in [1.807, 2.05) is 12.1 Å². The number of H-pyrrole nitrogens is 1. The van der Waals surface area contributed by atoms with E-state index in [1.165, 1.54) is 274 Å². The number of ether oxygens (including phenoxy) is 6. The summed E-state index contributed by atoms with van der Waals surface area (Å²) in [5, 5.41) is 12.7. The number of alkyl halides is 1. The number of esters is 1. The molecule has 4 heterocycles. The molecule has 2 aliphatic heterocycles. The summed E-state index contributed by atoms with van der Waals surface area (Å²) >= 11 is 5.84. The maximum absolute atomic E-state index is 16.4. The van der Waals surface area contributed by atoms with Crippen LogP contribution in [0.1, 0.15) is 387 Å². The third-order valence-corrected chi connectivity index (χ3v) is 30.2. The van der Waals surface area contributed by atoms with Crippen molar-refractivity contribution in [1.82, 2.24) is 19.1 Å². The Morgan fingerprint density at radius 1 is 0.610 bits per heavy atom. The van der Waals surface area contributed by atoms with Gasteiger partial charge in [0.25, 0.3) is 5.56 Å². The third-order valence-electron chi connectivity index (χ3n) is 23.3. The predicted octanol–water partition coefficient (Wildman–Crippen LogP) is 23.6. The van der Waals surface area contributed by atoms with Gasteiger partial charge in [-0.05, 0) is 73.0 Å². The average Bonchev–Trinajstić information content (AvgIpc) is 1.64. The van der Waals surface area contributed by atoms with Gasteiger partial charge in [0.05, 0.1) is 45.6 Å². The van der Waals surface area contributed by atoms with Crippen molar-refractivity contribution in [2.75, 3.05) is 51.5 Å². The van der Waals surface area contributed by atoms with Gasteiger partial charge in [0, 0.05) is 31.3 Å². The van der Waals surface area contributed by atoms with Gasteiger partial charge in [-0.1, -0.05) is 330 Å². The molecule has 118 heavy (non-hydrogen) atoms. The monoisotopic (exact) mass is 1710 g/mol. The number of unbranched alkanes of at least 4 members (excludes halogenated alkanes) is 45. The highest BCUT2D eigenvalue weighted by Crippen LogP contribution is 2.55. The molecule has 3 unspecified atom stereocenters. The van der Waals surface area contributed by atoms with E-state index in [9.17, 15) is 29.1 Å². The first-order chi connectivity index (χ1) is 57.2. The number of nitrogens with zero attached hydrogens (tertiary/aromatic N) is 4. The van der Waals surface area contributed by atoms with Crippen LogP contribution in [0.3, 0.4) is 0 Å². The van der Waals surface area contributed by atoms with Gasteiger partial charge in [0.2, 0.25) is 18.2 Å². The van der Waals surface area contributed by atoms with E-state index in [-0.39, 0.29) is 56.5 Å². The van der Waals surface area contributed by atoms with Crippen LogP contribution in [0.4, 0.5) is 10.2 Å². The van der Waals surface area contributed by atoms with Crippen molar-refractivity contribution >= 4 is 44.5 Å². The van der Waals surface area contributed by atoms with Crippen molar-refractivity contribution in [2.45, 2.75) is 437 Å². The molecule has 5 rings (SSSR count). The Morgan fingerprint density at radius 2 is 1.04 bits per heavy atom. The molecule has 2 fully saturated rings. The SMILES string of the molecule is [C-]#[N+]CCOP(=S)(OC[C@H]1O[C@@H](n2ccc(NC(=O)CCC(=O)OCc3cc(OCCCCCCCCCCCCCCCCCC)c(OCCCCCCCCCCCCCCCCCC)c(OCCCCCCCCCCCCCCCCCC)c3)nc2=O)CC1O[Si](C)(C)C(C)(C)C)OC1[C@@H](CO)O[C@@H](n2ccc(=O)[nH]c2=O)[C@H]1F. The Morgan fingerprint density at radius 3 is 1.46 bits per heavy atom. The topological polar surface area (TPSA) is 253 Å². The van der Waals surface area contributed by atoms with Crippen molar-refractivity contribution < 1.29 is 65.5 Å². The molecule has 2 aromatic heterocycles. The molecule has 0 saturated carbocycles. The van der Waals surface area contributed by atoms with Crippen LogP contribution in [0.2, 0.25) is 18.1 Å². The van der Waals surface area contributed by atoms with E-state index in [2.05, 4.69) is 74.8 Å². The molecule has 0 bridgehead atoms. The van der Waals surface area contributed by atoms with Gasteiger partial charge in [-0.25, -0.2) is 20.6 Å². The number of halogens is 1. The second-order valence-corrected chi connectivity index (χ2v) is 42.3. The summed E-state index contributed by atoms with van der Waals surface area (Å²) in [7, 11) is -2.57. The van der Waals surface area contributed by atoms with Gasteiger partial charge in [0.1, 0.15) is 43.6 Å². The lowest BCUT2D eigenvalue weighted by molar-refractivity contribution is -0.145. The number of aliphatic hydroxyl groups excluding tert-OH is 1. The Hall–Kier alpha value is -4.87. The number of nitrogens with one attached hydrogen (secondary N) is 2. The van der Waals surface area contributed by atoms with Gasteiger partial charge in [-0.15, -0.1) is 0 Å². The second kappa shape index (κ2) is 62.3. The van der Waals surface area contributed by atoms with E-state index in [0.717, 1.165) is 68.2 Å². The van der Waals surface area contributed by atoms with Gasteiger partial charge >= 0.3 is 24.1 Å². The number of hydrogen-bond acceptors (Lipinski definition) is 18. The van der Waals surface area contributed by atoms with Crippen molar-refractivity contribution in [3.8, 4) is 17.2 Å². The minimum Gasteiger partial charge on any atom is -0.490 e. The number of carbonyl (C=O) groups is 2. The number of carbonyl (C=O) groups excluding carboxylic acids is 2. The molecule has 8 atom stereocenters. The maximum Gasteiger partial charge on any atom is 0.351 e. The normalized spacial score (nSPS) is 18.1. The third kappa shape index (κ3) is 43.0. The molecule has 2 saturated heterocycles. The van der Waals surface area contributed by atoms with Gasteiger partial charge < -0.3 is 57.2 Å². The zero-order chi connectivity index (χ0) is 85.3. The minimum atomic E-state index is -4.06. The van der Waals surface area contributed by atoms with Crippen LogP contribution in [-0.4, -0.2) is 121 Å². The Kier molecular flexibility index (Phi) is 54.7. The van der Waals surface area contributed by atoms with Gasteiger partial charge in [-0.3, -0.25) is 33.0 Å². The van der Waals surface area contributed by atoms with Gasteiger partial charge in [0.15, 0.2) is 32.2 Å². The van der Waals surface area contributed by atoms with E-state index < -0.39 is 93.5 Å². The number of anilines is 1. The number of aromatic amines is 1. The highest BCUT2D eigenvalue weighted by molar-refractivity contribution is 8.07. The summed E-state index contributed by atoms with van der Waals surface area (Å²) in [4.78, 5) is 75.3. The molecule has 0 spiro atoms. The van der Waals surface area contributed by atoms with Crippen LogP contribution in [0, 0.1) is 6.57 Å². The smallest absolute Gasteiger partial charge is 0.351 e. The summed E-state index contributed by atoms with van der Waals surface area (Å²) < 4.78 is 81.8. The molecular formula is C92H158FN6O16PSSi. The molecule has 3 N–H and O–H groups in total. The highest BCUT2D eigenvalue weighted by atomic mass is 32.5. The highest BCUT2D eigenvalue weighted by Gasteiger charge is 2.51. The maximum atomic E-state index is 16.4. The minimum absolute atomic E-state index is 0.0479. The zero-order valence-corrected chi connectivity index (χ0v) is 77.0. The molecular weight excluding hydrogens is 1560 g/mol. The fraction of sp³-hybridized carbons (Fsp3) is 0.815. The van der Waals surface area contributed by atoms with E-state index in [0.29, 0.717) is 42.6 Å². The largest absolute Gasteiger partial charge is 0.490 e. The molecule has 1 amide bonds. The number of rotatable bonds is 73. The summed E-state index contributed by atoms with van der Waals surface area (Å²) in [6, 6.07) is 6.28. The van der Waals surface area contributed by atoms with E-state index in [4.69, 9.17) is 64.8 Å². The van der Waals surface area contributed by atoms with E-state index >= 15 is 4.39 Å². The first kappa shape index (κ1) is 104. The van der Waals surface area contributed by atoms with Crippen LogP contribution in [0.5, 0.6) is 17.2 Å². The van der Waals surface area contributed by atoms with Gasteiger partial charge in [-0.2, -0.15) is 4.98 Å². The molecule has 3 aromatic rings. The molecule has 674 valence electrons. The lowest BCUT2D eigenvalue weighted by Gasteiger charge is -2.39. The Labute approximate surface area is 715 Å². The van der Waals surface area contributed by atoms with E-state index in [1.54, 1.807) is 0 Å². The quantitative estimate of drug-likeness (QED) is 0.0156. The molecule has 0 aliphatic carbocycles. The van der Waals surface area contributed by atoms with Crippen LogP contribution in [0.15, 0.2) is 51.0 Å². The lowest BCUT2D eigenvalue weighted by atomic mass is 10.0. The Bertz CT molecular complexity index is 3390. The Balaban J connectivity index is 1.22. The summed E-state index contributed by atoms with van der Waals surface area (Å²) in [6.07, 6.45) is 54.4. The number of benzene rings is 1. The van der Waals surface area contributed by atoms with Crippen molar-refractivity contribution in [3.05, 3.63) is 85.0 Å². The standard InChI is InChI=1S/C92H158FN6O16PSSi/c1-10-13-16-19-22-25-28-31-34-37-40-43-46-49-52-55-65-106-77-69-75(70-78(107-66-56-53-50-47-44-41-38-35-32-29-26-23-20-17-14-11-2)87(77)108-67-57-54-51-48-45-42-39-36-33-30-27-24-21-18-15-12-3)73-109-85(103)59-58-82(101)95-81-60-63-98(90(104)96-81)84-71-76(115-118(8,9)92(4,5)6)80(112-84)74-111-116(117,110-68-62-94-7)114-88-79(72-100)113-89(86(88)93)99-64-61-83(102)97-91(99)105/h60-61,63-64,69-70,76,79-80,84,86,88-89,100H,10-59,62,65-68,71-74H2,1-6,8-9H3,(H,97,102,105)(H,95,96,101,104)/t76?,79-,80-,84-,86+,88?,89-,116?/m1/s1. The summed E-state index contributed by atoms with van der Waals surface area (Å²) in [5.74, 6) is 0.527. The molecule has 22 nitrogen and oxygen atoms in total. The molecule has 0 radical (unpaired) electrons. The van der Waals surface area contributed by atoms with Crippen LogP contribution < -0.4 is 36.5 Å². The molecule has 26 heteroatoms. The van der Waals surface area contributed by atoms with Crippen molar-refractivity contribution in [2.24, 2.45) is 0 Å². The summed E-state index contributed by atoms with van der Waals surface area (Å²) in [5.41, 5.74) is -1.74. The number of aliphatic hydroxyl groups is 1. The van der Waals surface area contributed by atoms with Crippen LogP contribution >= 0.6 is 6.72 Å². The zero-order valence-electron chi connectivity index (χ0n) is 74.3. The fourth-order valence-corrected chi connectivity index (χ4v) is 18.5. The van der Waals surface area contributed by atoms with Crippen molar-refractivity contribution in [3.63, 3.8) is 0 Å². The summed E-state index contributed by atoms with van der Waals surface area (Å²) in [6.45, 7) is 20.4. The second-order valence-electron chi connectivity index (χ2n) is 34.6. The van der Waals surface area contributed by atoms with Crippen LogP contribution in [0.25, 0.3) is 4.85 Å². The predicted molar refractivity (Wildman–Crippen MR) is 478 cm³/mol.